The van der Waals surface area contributed by atoms with Crippen molar-refractivity contribution in [1.29, 1.82) is 0 Å². The van der Waals surface area contributed by atoms with Crippen LogP contribution in [0.1, 0.15) is 26.3 Å². The Morgan fingerprint density at radius 2 is 1.83 bits per heavy atom. The topological polar surface area (TPSA) is 34.1 Å². The van der Waals surface area contributed by atoms with Gasteiger partial charge >= 0.3 is 0 Å². The van der Waals surface area contributed by atoms with Gasteiger partial charge in [0.15, 0.2) is 5.78 Å². The Labute approximate surface area is 112 Å². The molecule has 0 saturated heterocycles. The molecule has 0 aliphatic heterocycles. The first-order valence-corrected chi connectivity index (χ1v) is 7.03. The summed E-state index contributed by atoms with van der Waals surface area (Å²) in [6.07, 6.45) is 1.69. The van der Waals surface area contributed by atoms with Crippen LogP contribution in [0.2, 0.25) is 0 Å². The van der Waals surface area contributed by atoms with Gasteiger partial charge in [-0.25, -0.2) is 0 Å². The molecule has 0 aliphatic rings. The summed E-state index contributed by atoms with van der Waals surface area (Å²) < 4.78 is 0. The van der Waals surface area contributed by atoms with E-state index in [0.29, 0.717) is 11.3 Å². The summed E-state index contributed by atoms with van der Waals surface area (Å²) in [5, 5.41) is -0.139. The van der Waals surface area contributed by atoms with Crippen LogP contribution in [-0.4, -0.2) is 16.7 Å². The summed E-state index contributed by atoms with van der Waals surface area (Å²) in [6.45, 7) is 5.53. The number of carbonyl (C=O) groups excluding carboxylic acids is 2. The van der Waals surface area contributed by atoms with Gasteiger partial charge < -0.3 is 0 Å². The van der Waals surface area contributed by atoms with Gasteiger partial charge in [0, 0.05) is 5.92 Å². The maximum absolute atomic E-state index is 12.1. The van der Waals surface area contributed by atoms with Crippen molar-refractivity contribution in [3.63, 3.8) is 0 Å². The lowest BCUT2D eigenvalue weighted by Gasteiger charge is -2.07. The fraction of sp³-hybridized carbons (Fsp3) is 0.333. The van der Waals surface area contributed by atoms with E-state index in [-0.39, 0.29) is 16.8 Å². The van der Waals surface area contributed by atoms with Crippen molar-refractivity contribution in [2.24, 2.45) is 5.92 Å². The van der Waals surface area contributed by atoms with Crippen molar-refractivity contribution in [2.75, 3.05) is 5.75 Å². The second kappa shape index (κ2) is 7.17. The summed E-state index contributed by atoms with van der Waals surface area (Å²) in [6, 6.07) is 9.46. The second-order valence-corrected chi connectivity index (χ2v) is 5.44. The average Bonchev–Trinajstić information content (AvgIpc) is 2.36. The minimum atomic E-state index is -0.165. The first kappa shape index (κ1) is 14.7. The Morgan fingerprint density at radius 1 is 1.22 bits per heavy atom. The van der Waals surface area contributed by atoms with Crippen molar-refractivity contribution in [3.8, 4) is 0 Å². The molecular weight excluding hydrogens is 244 g/mol. The monoisotopic (exact) mass is 262 g/mol. The van der Waals surface area contributed by atoms with Crippen LogP contribution < -0.4 is 0 Å². The number of carbonyl (C=O) groups is 2. The molecule has 0 bridgehead atoms. The van der Waals surface area contributed by atoms with Crippen LogP contribution in [0.15, 0.2) is 35.9 Å². The standard InChI is InChI=1S/C15H18O2S/c1-4-18-15(17)13(14(16)11(2)3)10-12-8-6-5-7-9-12/h5-11H,4H2,1-3H3/b13-10+. The largest absolute Gasteiger partial charge is 0.294 e. The third-order valence-electron chi connectivity index (χ3n) is 2.40. The highest BCUT2D eigenvalue weighted by molar-refractivity contribution is 8.14. The van der Waals surface area contributed by atoms with E-state index < -0.39 is 0 Å². The molecule has 3 heteroatoms. The predicted octanol–water partition coefficient (Wildman–Crippen LogP) is 3.57. The van der Waals surface area contributed by atoms with E-state index in [1.165, 1.54) is 11.8 Å². The Bertz CT molecular complexity index is 447. The Balaban J connectivity index is 3.08. The number of hydrogen-bond acceptors (Lipinski definition) is 3. The van der Waals surface area contributed by atoms with Crippen LogP contribution in [0.4, 0.5) is 0 Å². The van der Waals surface area contributed by atoms with Crippen LogP contribution in [0.25, 0.3) is 6.08 Å². The Morgan fingerprint density at radius 3 is 2.33 bits per heavy atom. The summed E-state index contributed by atoms with van der Waals surface area (Å²) in [4.78, 5) is 24.0. The van der Waals surface area contributed by atoms with E-state index in [1.807, 2.05) is 51.1 Å². The van der Waals surface area contributed by atoms with Gasteiger partial charge in [-0.2, -0.15) is 0 Å². The summed E-state index contributed by atoms with van der Waals surface area (Å²) in [7, 11) is 0. The van der Waals surface area contributed by atoms with Gasteiger partial charge in [0.05, 0.1) is 5.57 Å². The number of ketones is 1. The van der Waals surface area contributed by atoms with Gasteiger partial charge in [-0.3, -0.25) is 9.59 Å². The SMILES string of the molecule is CCSC(=O)/C(=C/c1ccccc1)C(=O)C(C)C. The van der Waals surface area contributed by atoms with Gasteiger partial charge in [0.25, 0.3) is 0 Å². The van der Waals surface area contributed by atoms with E-state index >= 15 is 0 Å². The van der Waals surface area contributed by atoms with Gasteiger partial charge in [-0.05, 0) is 17.4 Å². The number of Topliss-reactive ketones (excluding diaryl/α,β-unsaturated/α-hetero) is 1. The predicted molar refractivity (Wildman–Crippen MR) is 77.4 cm³/mol. The van der Waals surface area contributed by atoms with Gasteiger partial charge in [-0.15, -0.1) is 0 Å². The van der Waals surface area contributed by atoms with Gasteiger partial charge in [0.1, 0.15) is 0 Å². The fourth-order valence-corrected chi connectivity index (χ4v) is 2.04. The highest BCUT2D eigenvalue weighted by atomic mass is 32.2. The molecule has 0 aliphatic carbocycles. The average molecular weight is 262 g/mol. The zero-order chi connectivity index (χ0) is 13.5. The molecule has 1 aromatic rings. The second-order valence-electron chi connectivity index (χ2n) is 4.21. The van der Waals surface area contributed by atoms with E-state index in [2.05, 4.69) is 0 Å². The maximum Gasteiger partial charge on any atom is 0.222 e. The van der Waals surface area contributed by atoms with Crippen molar-refractivity contribution in [3.05, 3.63) is 41.5 Å². The summed E-state index contributed by atoms with van der Waals surface area (Å²) >= 11 is 1.18. The van der Waals surface area contributed by atoms with Crippen molar-refractivity contribution in [2.45, 2.75) is 20.8 Å². The zero-order valence-corrected chi connectivity index (χ0v) is 11.8. The molecule has 0 aromatic heterocycles. The molecule has 0 atom stereocenters. The normalized spacial score (nSPS) is 11.7. The number of rotatable bonds is 5. The molecule has 0 unspecified atom stereocenters. The van der Waals surface area contributed by atoms with Crippen LogP contribution in [0.5, 0.6) is 0 Å². The molecule has 0 amide bonds. The molecule has 0 heterocycles. The van der Waals surface area contributed by atoms with Crippen molar-refractivity contribution in [1.82, 2.24) is 0 Å². The highest BCUT2D eigenvalue weighted by Crippen LogP contribution is 2.18. The first-order valence-electron chi connectivity index (χ1n) is 6.04. The van der Waals surface area contributed by atoms with E-state index in [4.69, 9.17) is 0 Å². The lowest BCUT2D eigenvalue weighted by molar-refractivity contribution is -0.120. The first-order chi connectivity index (χ1) is 8.56. The smallest absolute Gasteiger partial charge is 0.222 e. The van der Waals surface area contributed by atoms with Gasteiger partial charge in [-0.1, -0.05) is 62.9 Å². The summed E-state index contributed by atoms with van der Waals surface area (Å²) in [5.41, 5.74) is 1.18. The number of benzene rings is 1. The Hall–Kier alpha value is -1.35. The molecule has 0 radical (unpaired) electrons. The van der Waals surface area contributed by atoms with Crippen molar-refractivity contribution >= 4 is 28.7 Å². The van der Waals surface area contributed by atoms with E-state index in [0.717, 1.165) is 5.56 Å². The van der Waals surface area contributed by atoms with E-state index in [1.54, 1.807) is 6.08 Å². The van der Waals surface area contributed by atoms with Gasteiger partial charge in [0.2, 0.25) is 5.12 Å². The zero-order valence-electron chi connectivity index (χ0n) is 11.0. The summed E-state index contributed by atoms with van der Waals surface area (Å²) in [5.74, 6) is 0.419. The lowest BCUT2D eigenvalue weighted by atomic mass is 10.00. The molecule has 1 aromatic carbocycles. The third-order valence-corrected chi connectivity index (χ3v) is 3.17. The lowest BCUT2D eigenvalue weighted by Crippen LogP contribution is -2.16. The minimum Gasteiger partial charge on any atom is -0.294 e. The number of thioether (sulfide) groups is 1. The molecule has 1 rings (SSSR count). The number of hydrogen-bond donors (Lipinski definition) is 0. The minimum absolute atomic E-state index is 0.0928. The molecule has 2 nitrogen and oxygen atoms in total. The molecular formula is C15H18O2S. The van der Waals surface area contributed by atoms with E-state index in [9.17, 15) is 9.59 Å². The van der Waals surface area contributed by atoms with Crippen molar-refractivity contribution < 1.29 is 9.59 Å². The molecule has 18 heavy (non-hydrogen) atoms. The fourth-order valence-electron chi connectivity index (χ4n) is 1.47. The van der Waals surface area contributed by atoms with Crippen LogP contribution in [0.3, 0.4) is 0 Å². The molecule has 0 N–H and O–H groups in total. The third kappa shape index (κ3) is 4.15. The van der Waals surface area contributed by atoms with Crippen LogP contribution in [-0.2, 0) is 9.59 Å². The van der Waals surface area contributed by atoms with Crippen LogP contribution >= 0.6 is 11.8 Å². The molecule has 0 saturated carbocycles. The molecule has 0 spiro atoms. The van der Waals surface area contributed by atoms with Crippen LogP contribution in [0, 0.1) is 5.92 Å². The molecule has 96 valence electrons. The quantitative estimate of drug-likeness (QED) is 0.462. The maximum atomic E-state index is 12.1. The molecule has 0 fully saturated rings. The highest BCUT2D eigenvalue weighted by Gasteiger charge is 2.20. The Kier molecular flexibility index (Phi) is 5.86.